The molecule has 1 saturated heterocycles. The average Bonchev–Trinajstić information content (AvgIpc) is 2.88. The first-order chi connectivity index (χ1) is 18.7. The zero-order valence-corrected chi connectivity index (χ0v) is 27.6. The first-order valence-electron chi connectivity index (χ1n) is 17.5. The van der Waals surface area contributed by atoms with Crippen molar-refractivity contribution >= 4 is 34.4 Å². The molecule has 1 N–H and O–H groups in total. The lowest BCUT2D eigenvalue weighted by atomic mass is 9.82. The lowest BCUT2D eigenvalue weighted by molar-refractivity contribution is 0.328. The predicted molar refractivity (Wildman–Crippen MR) is 181 cm³/mol. The highest BCUT2D eigenvalue weighted by Gasteiger charge is 2.22. The van der Waals surface area contributed by atoms with E-state index in [4.69, 9.17) is 24.4 Å². The SMILES string of the molecule is CCCCCCCCCCCCCCC1CC(=S)NC(=S)CC(CCCCCCCCCCCCCC)C1. The molecule has 1 fully saturated rings. The number of rotatable bonds is 26. The largest absolute Gasteiger partial charge is 0.345 e. The number of thiocarbonyl (C=S) groups is 2. The molecular formula is C35H67NS2. The highest BCUT2D eigenvalue weighted by Crippen LogP contribution is 2.30. The van der Waals surface area contributed by atoms with E-state index < -0.39 is 0 Å². The summed E-state index contributed by atoms with van der Waals surface area (Å²) in [4.78, 5) is 2.01. The van der Waals surface area contributed by atoms with E-state index in [0.717, 1.165) is 34.7 Å². The highest BCUT2D eigenvalue weighted by atomic mass is 32.1. The van der Waals surface area contributed by atoms with Crippen molar-refractivity contribution in [1.29, 1.82) is 0 Å². The lowest BCUT2D eigenvalue weighted by Crippen LogP contribution is -2.34. The van der Waals surface area contributed by atoms with E-state index in [0.29, 0.717) is 0 Å². The fourth-order valence-corrected chi connectivity index (χ4v) is 7.19. The van der Waals surface area contributed by atoms with Crippen LogP contribution < -0.4 is 5.32 Å². The molecule has 0 spiro atoms. The molecule has 0 radical (unpaired) electrons. The number of unbranched alkanes of at least 4 members (excludes halogenated alkanes) is 22. The van der Waals surface area contributed by atoms with Gasteiger partial charge in [0, 0.05) is 12.8 Å². The molecule has 0 aromatic rings. The Morgan fingerprint density at radius 3 is 1.00 bits per heavy atom. The Labute approximate surface area is 250 Å². The molecule has 1 nitrogen and oxygen atoms in total. The van der Waals surface area contributed by atoms with Crippen molar-refractivity contribution in [1.82, 2.24) is 5.32 Å². The molecule has 0 bridgehead atoms. The van der Waals surface area contributed by atoms with Crippen LogP contribution in [0.5, 0.6) is 0 Å². The van der Waals surface area contributed by atoms with Gasteiger partial charge < -0.3 is 5.32 Å². The molecule has 0 aliphatic carbocycles. The first-order valence-corrected chi connectivity index (χ1v) is 18.3. The normalized spacial score (nSPS) is 18.4. The van der Waals surface area contributed by atoms with Crippen molar-refractivity contribution < 1.29 is 0 Å². The van der Waals surface area contributed by atoms with E-state index in [1.54, 1.807) is 0 Å². The van der Waals surface area contributed by atoms with E-state index in [9.17, 15) is 0 Å². The van der Waals surface area contributed by atoms with Crippen molar-refractivity contribution in [3.05, 3.63) is 0 Å². The second kappa shape index (κ2) is 27.2. The van der Waals surface area contributed by atoms with Crippen LogP contribution in [0.2, 0.25) is 0 Å². The maximum atomic E-state index is 5.63. The Bertz CT molecular complexity index is 500. The smallest absolute Gasteiger partial charge is 0.0803 e. The summed E-state index contributed by atoms with van der Waals surface area (Å²) in [5.74, 6) is 1.53. The third-order valence-electron chi connectivity index (χ3n) is 8.83. The molecule has 2 unspecified atom stereocenters. The molecule has 0 amide bonds. The van der Waals surface area contributed by atoms with Gasteiger partial charge in [0.25, 0.3) is 0 Å². The molecule has 1 heterocycles. The van der Waals surface area contributed by atoms with Crippen LogP contribution in [0.15, 0.2) is 0 Å². The molecule has 224 valence electrons. The summed E-state index contributed by atoms with van der Waals surface area (Å²) in [6.07, 6.45) is 40.5. The highest BCUT2D eigenvalue weighted by molar-refractivity contribution is 7.81. The van der Waals surface area contributed by atoms with Crippen LogP contribution >= 0.6 is 24.4 Å². The summed E-state index contributed by atoms with van der Waals surface area (Å²) in [7, 11) is 0. The third kappa shape index (κ3) is 22.8. The standard InChI is InChI=1S/C35H67NS2/c1-3-5-7-9-11-13-15-17-19-21-23-25-27-32-29-33(31-35(38)36-34(37)30-32)28-26-24-22-20-18-16-14-12-10-8-6-4-2/h32-33H,3-31H2,1-2H3,(H,36,37,38). The third-order valence-corrected chi connectivity index (χ3v) is 9.36. The molecule has 0 aromatic heterocycles. The van der Waals surface area contributed by atoms with Crippen LogP contribution in [-0.4, -0.2) is 9.98 Å². The van der Waals surface area contributed by atoms with Gasteiger partial charge in [-0.25, -0.2) is 0 Å². The van der Waals surface area contributed by atoms with E-state index in [1.165, 1.54) is 173 Å². The Hall–Kier alpha value is -0.0200. The van der Waals surface area contributed by atoms with Crippen molar-refractivity contribution in [2.75, 3.05) is 0 Å². The molecule has 38 heavy (non-hydrogen) atoms. The molecular weight excluding hydrogens is 499 g/mol. The molecule has 1 aliphatic rings. The van der Waals surface area contributed by atoms with Gasteiger partial charge in [0.2, 0.25) is 0 Å². The van der Waals surface area contributed by atoms with E-state index in [2.05, 4.69) is 19.2 Å². The van der Waals surface area contributed by atoms with Crippen molar-refractivity contribution in [2.45, 2.75) is 200 Å². The van der Waals surface area contributed by atoms with Crippen LogP contribution in [0.1, 0.15) is 200 Å². The molecule has 1 rings (SSSR count). The van der Waals surface area contributed by atoms with Gasteiger partial charge in [-0.05, 0) is 18.3 Å². The second-order valence-electron chi connectivity index (χ2n) is 12.7. The van der Waals surface area contributed by atoms with Gasteiger partial charge in [0.15, 0.2) is 0 Å². The Morgan fingerprint density at radius 1 is 0.447 bits per heavy atom. The quantitative estimate of drug-likeness (QED) is 0.0827. The molecule has 2 atom stereocenters. The van der Waals surface area contributed by atoms with E-state index >= 15 is 0 Å². The summed E-state index contributed by atoms with van der Waals surface area (Å²) in [5, 5.41) is 3.40. The number of hydrogen-bond acceptors (Lipinski definition) is 2. The van der Waals surface area contributed by atoms with Gasteiger partial charge in [0.05, 0.1) is 9.98 Å². The maximum Gasteiger partial charge on any atom is 0.0803 e. The van der Waals surface area contributed by atoms with Crippen molar-refractivity contribution in [3.8, 4) is 0 Å². The van der Waals surface area contributed by atoms with Gasteiger partial charge in [-0.1, -0.05) is 205 Å². The van der Waals surface area contributed by atoms with Gasteiger partial charge in [-0.3, -0.25) is 0 Å². The summed E-state index contributed by atoms with van der Waals surface area (Å²) in [6.45, 7) is 4.60. The molecule has 3 heteroatoms. The van der Waals surface area contributed by atoms with E-state index in [-0.39, 0.29) is 0 Å². The monoisotopic (exact) mass is 565 g/mol. The zero-order chi connectivity index (χ0) is 27.5. The Kier molecular flexibility index (Phi) is 25.7. The second-order valence-corrected chi connectivity index (χ2v) is 13.7. The molecule has 0 saturated carbocycles. The van der Waals surface area contributed by atoms with E-state index in [1.807, 2.05) is 0 Å². The number of nitrogens with one attached hydrogen (secondary N) is 1. The van der Waals surface area contributed by atoms with Crippen LogP contribution in [0.3, 0.4) is 0 Å². The minimum atomic E-state index is 0.767. The Balaban J connectivity index is 2.10. The summed E-state index contributed by atoms with van der Waals surface area (Å²) in [6, 6.07) is 0. The topological polar surface area (TPSA) is 12.0 Å². The van der Waals surface area contributed by atoms with Crippen LogP contribution in [-0.2, 0) is 0 Å². The molecule has 0 aromatic carbocycles. The van der Waals surface area contributed by atoms with Crippen molar-refractivity contribution in [2.24, 2.45) is 11.8 Å². The van der Waals surface area contributed by atoms with Crippen molar-refractivity contribution in [3.63, 3.8) is 0 Å². The van der Waals surface area contributed by atoms with Gasteiger partial charge >= 0.3 is 0 Å². The Morgan fingerprint density at radius 2 is 0.711 bits per heavy atom. The van der Waals surface area contributed by atoms with Gasteiger partial charge in [-0.2, -0.15) is 0 Å². The predicted octanol–water partition coefficient (Wildman–Crippen LogP) is 12.8. The first kappa shape index (κ1) is 36.0. The van der Waals surface area contributed by atoms with Gasteiger partial charge in [0.1, 0.15) is 0 Å². The minimum absolute atomic E-state index is 0.767. The zero-order valence-electron chi connectivity index (χ0n) is 26.0. The fourth-order valence-electron chi connectivity index (χ4n) is 6.41. The average molecular weight is 566 g/mol. The summed E-state index contributed by atoms with van der Waals surface area (Å²) in [5.41, 5.74) is 0. The fraction of sp³-hybridized carbons (Fsp3) is 0.943. The van der Waals surface area contributed by atoms with Crippen LogP contribution in [0.25, 0.3) is 0 Å². The van der Waals surface area contributed by atoms with Gasteiger partial charge in [-0.15, -0.1) is 0 Å². The minimum Gasteiger partial charge on any atom is -0.345 e. The number of hydrogen-bond donors (Lipinski definition) is 1. The lowest BCUT2D eigenvalue weighted by Gasteiger charge is -2.28. The molecule has 1 aliphatic heterocycles. The van der Waals surface area contributed by atoms with Crippen LogP contribution in [0.4, 0.5) is 0 Å². The van der Waals surface area contributed by atoms with Crippen LogP contribution in [0, 0.1) is 11.8 Å². The maximum absolute atomic E-state index is 5.63. The summed E-state index contributed by atoms with van der Waals surface area (Å²) < 4.78 is 0. The summed E-state index contributed by atoms with van der Waals surface area (Å²) >= 11 is 11.3.